The molecule has 4 bridgehead atoms. The molecule has 4 aliphatic rings. The van der Waals surface area contributed by atoms with E-state index in [1.807, 2.05) is 39.0 Å². The molecule has 0 unspecified atom stereocenters. The number of imide groups is 1. The van der Waals surface area contributed by atoms with Gasteiger partial charge in [-0.05, 0) is 51.3 Å². The fraction of sp³-hybridized carbons (Fsp3) is 0.655. The monoisotopic (exact) mass is 1150 g/mol. The number of alkyl carbamates (subject to hydrolysis) is 1. The number of likely N-dealkylation sites (N-methyl/N-ethyl adjacent to an activating group) is 1. The third-order valence-electron chi connectivity index (χ3n) is 14.2. The van der Waals surface area contributed by atoms with E-state index in [-0.39, 0.29) is 67.4 Å². The summed E-state index contributed by atoms with van der Waals surface area (Å²) >= 11 is 8.50. The van der Waals surface area contributed by atoms with Gasteiger partial charge in [0.15, 0.2) is 5.72 Å². The van der Waals surface area contributed by atoms with Crippen molar-refractivity contribution in [3.05, 3.63) is 58.7 Å². The molecule has 24 heteroatoms. The number of nitrogens with zero attached hydrogens (tertiary/aromatic N) is 3. The van der Waals surface area contributed by atoms with Crippen molar-refractivity contribution in [3.63, 3.8) is 0 Å². The molecule has 440 valence electrons. The minimum absolute atomic E-state index is 0.0330. The van der Waals surface area contributed by atoms with Crippen LogP contribution in [0.1, 0.15) is 92.1 Å². The van der Waals surface area contributed by atoms with Gasteiger partial charge in [-0.1, -0.05) is 68.3 Å². The lowest BCUT2D eigenvalue weighted by molar-refractivity contribution is -0.198. The number of hydrogen-bond acceptors (Lipinski definition) is 19. The number of allylic oxidation sites excluding steroid dienone is 3. The van der Waals surface area contributed by atoms with Crippen molar-refractivity contribution < 1.29 is 86.1 Å². The molecule has 0 radical (unpaired) electrons. The van der Waals surface area contributed by atoms with Gasteiger partial charge in [0.05, 0.1) is 84.6 Å². The fourth-order valence-corrected chi connectivity index (χ4v) is 10.3. The number of amides is 5. The average molecular weight is 1150 g/mol. The van der Waals surface area contributed by atoms with E-state index < -0.39 is 83.5 Å². The predicted molar refractivity (Wildman–Crippen MR) is 291 cm³/mol. The summed E-state index contributed by atoms with van der Waals surface area (Å²) in [5.74, 6) is -2.82. The summed E-state index contributed by atoms with van der Waals surface area (Å²) in [5.41, 5.74) is -1.06. The number of fused-ring (bicyclic) bond motifs is 5. The highest BCUT2D eigenvalue weighted by atomic mass is 35.5. The van der Waals surface area contributed by atoms with Gasteiger partial charge in [0.25, 0.3) is 11.8 Å². The van der Waals surface area contributed by atoms with Gasteiger partial charge in [0.1, 0.15) is 40.7 Å². The molecule has 2 N–H and O–H groups in total. The van der Waals surface area contributed by atoms with Gasteiger partial charge in [0.2, 0.25) is 11.8 Å². The number of hydroxylamine groups is 2. The number of thioether (sulfide) groups is 1. The molecule has 0 aliphatic carbocycles. The third kappa shape index (κ3) is 18.7. The summed E-state index contributed by atoms with van der Waals surface area (Å²) in [6, 6.07) is 2.52. The predicted octanol–water partition coefficient (Wildman–Crippen LogP) is 5.43. The Morgan fingerprint density at radius 2 is 1.62 bits per heavy atom. The van der Waals surface area contributed by atoms with Crippen LogP contribution in [0.3, 0.4) is 0 Å². The summed E-state index contributed by atoms with van der Waals surface area (Å²) in [6.07, 6.45) is 5.19. The Balaban J connectivity index is 1.07. The highest BCUT2D eigenvalue weighted by molar-refractivity contribution is 8.00. The maximum atomic E-state index is 14.4. The highest BCUT2D eigenvalue weighted by Crippen LogP contribution is 2.49. The topological polar surface area (TPSA) is 257 Å². The number of aliphatic hydroxyl groups is 1. The quantitative estimate of drug-likeness (QED) is 0.0386. The summed E-state index contributed by atoms with van der Waals surface area (Å²) in [7, 11) is 6.01. The van der Waals surface area contributed by atoms with Crippen molar-refractivity contribution in [2.45, 2.75) is 139 Å². The van der Waals surface area contributed by atoms with Gasteiger partial charge in [-0.25, -0.2) is 14.4 Å². The number of nitrogens with one attached hydrogen (secondary N) is 1. The standard InChI is InChI=1S/C55H79ClN4O18S/c1-35-14-13-15-42(70-10)55(68)34-41(75-52(67)57-55)36(2)50-54(6,77-50)43(33-47(64)59(8)39-31-38(30-35)32-40(69-9)49(39)56)76-51(66)37(3)58(7)44(61)18-20-53(4,5)79-29-12-11-21-71-23-25-73-27-28-74-26-24-72-22-19-48(65)78-60-45(62)16-17-46(60)63/h11-15,31-32,36-37,41-43,50,68H,16-30,33-34H2,1-10H3,(H,57,67)/b12-11+,15-13+,35-14+/t36-,37+,41+,42-,43+,50+,54+,55+/m1/s1. The van der Waals surface area contributed by atoms with E-state index >= 15 is 0 Å². The molecule has 8 atom stereocenters. The first kappa shape index (κ1) is 64.7. The summed E-state index contributed by atoms with van der Waals surface area (Å²) in [6.45, 7) is 13.5. The van der Waals surface area contributed by atoms with Crippen LogP contribution in [0, 0.1) is 5.92 Å². The van der Waals surface area contributed by atoms with Crippen molar-refractivity contribution >= 4 is 70.7 Å². The van der Waals surface area contributed by atoms with Gasteiger partial charge in [-0.15, -0.1) is 5.06 Å². The third-order valence-corrected chi connectivity index (χ3v) is 15.9. The van der Waals surface area contributed by atoms with Crippen molar-refractivity contribution in [2.24, 2.45) is 5.92 Å². The molecule has 4 aliphatic heterocycles. The first-order valence-electron chi connectivity index (χ1n) is 26.4. The summed E-state index contributed by atoms with van der Waals surface area (Å²) in [4.78, 5) is 97.5. The minimum Gasteiger partial charge on any atom is -0.495 e. The zero-order chi connectivity index (χ0) is 58.1. The number of carbonyl (C=O) groups is 7. The molecule has 0 saturated carbocycles. The van der Waals surface area contributed by atoms with E-state index in [4.69, 9.17) is 59.1 Å². The largest absolute Gasteiger partial charge is 0.495 e. The van der Waals surface area contributed by atoms with E-state index in [1.165, 1.54) is 31.1 Å². The van der Waals surface area contributed by atoms with Crippen LogP contribution in [0.25, 0.3) is 0 Å². The van der Waals surface area contributed by atoms with Crippen molar-refractivity contribution in [1.29, 1.82) is 0 Å². The van der Waals surface area contributed by atoms with Crippen LogP contribution in [-0.4, -0.2) is 190 Å². The van der Waals surface area contributed by atoms with Crippen molar-refractivity contribution in [2.75, 3.05) is 91.8 Å². The minimum atomic E-state index is -1.86. The Kier molecular flexibility index (Phi) is 24.6. The maximum Gasteiger partial charge on any atom is 0.409 e. The fourth-order valence-electron chi connectivity index (χ4n) is 9.06. The van der Waals surface area contributed by atoms with Crippen LogP contribution in [0.15, 0.2) is 48.1 Å². The molecule has 5 amide bonds. The molecular formula is C55H79ClN4O18S. The number of carbonyl (C=O) groups excluding carboxylic acids is 7. The van der Waals surface area contributed by atoms with E-state index in [2.05, 4.69) is 5.32 Å². The number of epoxide rings is 1. The molecule has 1 aromatic rings. The molecule has 5 rings (SSSR count). The highest BCUT2D eigenvalue weighted by Gasteiger charge is 2.64. The van der Waals surface area contributed by atoms with Crippen LogP contribution in [-0.2, 0) is 77.9 Å². The SMILES string of the molecule is COc1cc2cc(c1Cl)N(C)C(=O)C[C@H](OC(=O)[C@H](C)N(C)C(=O)CCC(C)(C)SC/C=C/COCCOCCOCCOCCC(=O)ON1C(=O)CCC1=O)[C@]1(C)O[C@H]1[C@H](C)[C@@H]1C[C@@](O)(NC(=O)O1)[C@H](OC)/C=C/C=C(\C)C2. The lowest BCUT2D eigenvalue weighted by atomic mass is 9.83. The Labute approximate surface area is 471 Å². The van der Waals surface area contributed by atoms with Gasteiger partial charge >= 0.3 is 18.0 Å². The Morgan fingerprint density at radius 1 is 0.975 bits per heavy atom. The number of rotatable bonds is 26. The number of hydrogen-bond donors (Lipinski definition) is 2. The zero-order valence-electron chi connectivity index (χ0n) is 47.0. The molecule has 4 heterocycles. The normalized spacial score (nSPS) is 26.2. The number of halogens is 1. The van der Waals surface area contributed by atoms with Crippen LogP contribution in [0.5, 0.6) is 5.75 Å². The molecule has 0 aromatic heterocycles. The second kappa shape index (κ2) is 30.1. The lowest BCUT2D eigenvalue weighted by Crippen LogP contribution is -2.63. The number of benzene rings is 1. The molecule has 22 nitrogen and oxygen atoms in total. The number of methoxy groups -OCH3 is 2. The summed E-state index contributed by atoms with van der Waals surface area (Å²) in [5, 5.41) is 15.1. The number of ether oxygens (including phenoxy) is 9. The van der Waals surface area contributed by atoms with Crippen LogP contribution < -0.4 is 15.0 Å². The maximum absolute atomic E-state index is 14.4. The second-order valence-corrected chi connectivity index (χ2v) is 22.8. The smallest absolute Gasteiger partial charge is 0.409 e. The Morgan fingerprint density at radius 3 is 2.27 bits per heavy atom. The van der Waals surface area contributed by atoms with Gasteiger partial charge < -0.3 is 62.4 Å². The molecule has 3 saturated heterocycles. The van der Waals surface area contributed by atoms with Crippen molar-refractivity contribution in [3.8, 4) is 5.75 Å². The van der Waals surface area contributed by atoms with Crippen LogP contribution in [0.2, 0.25) is 5.02 Å². The van der Waals surface area contributed by atoms with Crippen LogP contribution >= 0.6 is 23.4 Å². The number of anilines is 1. The van der Waals surface area contributed by atoms with E-state index in [0.717, 1.165) is 11.1 Å². The lowest BCUT2D eigenvalue weighted by Gasteiger charge is -2.42. The molecule has 1 aromatic carbocycles. The van der Waals surface area contributed by atoms with E-state index in [9.17, 15) is 38.7 Å². The second-order valence-electron chi connectivity index (χ2n) is 20.7. The molecular weight excluding hydrogens is 1070 g/mol. The summed E-state index contributed by atoms with van der Waals surface area (Å²) < 4.78 is 51.2. The first-order chi connectivity index (χ1) is 37.4. The van der Waals surface area contributed by atoms with Crippen LogP contribution in [0.4, 0.5) is 10.5 Å². The van der Waals surface area contributed by atoms with Gasteiger partial charge in [-0.3, -0.25) is 24.5 Å². The molecule has 79 heavy (non-hydrogen) atoms. The van der Waals surface area contributed by atoms with Crippen molar-refractivity contribution in [1.82, 2.24) is 15.3 Å². The van der Waals surface area contributed by atoms with Gasteiger partial charge in [0, 0.05) is 63.3 Å². The van der Waals surface area contributed by atoms with E-state index in [1.54, 1.807) is 63.9 Å². The average Bonchev–Trinajstić information content (AvgIpc) is 4.01. The molecule has 0 spiro atoms. The molecule has 3 fully saturated rings. The van der Waals surface area contributed by atoms with E-state index in [0.29, 0.717) is 74.7 Å². The first-order valence-corrected chi connectivity index (χ1v) is 27.8. The van der Waals surface area contributed by atoms with Gasteiger partial charge in [-0.2, -0.15) is 11.8 Å². The Bertz CT molecular complexity index is 2390. The number of esters is 1. The zero-order valence-corrected chi connectivity index (χ0v) is 48.6. The Hall–Kier alpha value is -5.11.